The number of rotatable bonds is 5. The number of nitrogens with zero attached hydrogens (tertiary/aromatic N) is 5. The zero-order chi connectivity index (χ0) is 17.2. The van der Waals surface area contributed by atoms with Gasteiger partial charge in [-0.05, 0) is 44.6 Å². The lowest BCUT2D eigenvalue weighted by atomic mass is 9.98. The molecule has 1 aliphatic carbocycles. The van der Waals surface area contributed by atoms with Gasteiger partial charge in [-0.1, -0.05) is 0 Å². The van der Waals surface area contributed by atoms with Gasteiger partial charge in [0.05, 0.1) is 0 Å². The Morgan fingerprint density at radius 2 is 1.92 bits per heavy atom. The summed E-state index contributed by atoms with van der Waals surface area (Å²) in [6.45, 7) is 3.28. The van der Waals surface area contributed by atoms with E-state index in [-0.39, 0.29) is 0 Å². The molecule has 0 bridgehead atoms. The molecule has 25 heavy (non-hydrogen) atoms. The summed E-state index contributed by atoms with van der Waals surface area (Å²) < 4.78 is 0. The molecule has 1 atom stereocenters. The van der Waals surface area contributed by atoms with Gasteiger partial charge in [-0.15, -0.1) is 0 Å². The monoisotopic (exact) mass is 343 g/mol. The molecule has 0 spiro atoms. The van der Waals surface area contributed by atoms with Gasteiger partial charge < -0.3 is 14.7 Å². The topological polar surface area (TPSA) is 52.6 Å². The molecular weight excluding hydrogens is 314 g/mol. The summed E-state index contributed by atoms with van der Waals surface area (Å²) in [4.78, 5) is 27.6. The molecule has 3 aliphatic rings. The molecule has 1 unspecified atom stereocenters. The third kappa shape index (κ3) is 3.78. The first-order valence-corrected chi connectivity index (χ1v) is 9.75. The highest BCUT2D eigenvalue weighted by molar-refractivity contribution is 5.76. The molecule has 0 radical (unpaired) electrons. The molecular formula is C19H29N5O. The molecule has 1 aromatic heterocycles. The quantitative estimate of drug-likeness (QED) is 0.818. The molecule has 3 heterocycles. The molecule has 6 heteroatoms. The second-order valence-electron chi connectivity index (χ2n) is 7.79. The minimum atomic E-state index is 0.315. The van der Waals surface area contributed by atoms with E-state index in [4.69, 9.17) is 0 Å². The maximum absolute atomic E-state index is 11.9. The first kappa shape index (κ1) is 16.8. The Bertz CT molecular complexity index is 583. The lowest BCUT2D eigenvalue weighted by molar-refractivity contribution is -0.135. The first-order valence-electron chi connectivity index (χ1n) is 9.75. The van der Waals surface area contributed by atoms with Crippen LogP contribution in [-0.4, -0.2) is 70.5 Å². The normalized spacial score (nSPS) is 26.0. The molecule has 0 N–H and O–H groups in total. The van der Waals surface area contributed by atoms with Gasteiger partial charge in [0.15, 0.2) is 0 Å². The summed E-state index contributed by atoms with van der Waals surface area (Å²) in [6.07, 6.45) is 11.4. The van der Waals surface area contributed by atoms with Gasteiger partial charge in [-0.25, -0.2) is 9.97 Å². The van der Waals surface area contributed by atoms with E-state index in [0.717, 1.165) is 44.7 Å². The highest BCUT2D eigenvalue weighted by Gasteiger charge is 2.37. The SMILES string of the molecule is CN1C(=O)CCCC1CN1CCC(N(c2ccncn2)C2CC2)CC1. The molecule has 1 amide bonds. The van der Waals surface area contributed by atoms with E-state index in [1.165, 1.54) is 25.7 Å². The standard InChI is InChI=1S/C19H29N5O/c1-22-17(3-2-4-19(22)25)13-23-11-8-16(9-12-23)24(15-5-6-15)18-7-10-20-14-21-18/h7,10,14-17H,2-6,8-9,11-13H2,1H3. The average molecular weight is 343 g/mol. The lowest BCUT2D eigenvalue weighted by Gasteiger charge is -2.42. The molecule has 6 nitrogen and oxygen atoms in total. The fourth-order valence-corrected chi connectivity index (χ4v) is 4.42. The highest BCUT2D eigenvalue weighted by Crippen LogP contribution is 2.35. The number of anilines is 1. The molecule has 3 fully saturated rings. The van der Waals surface area contributed by atoms with E-state index in [0.29, 0.717) is 24.0 Å². The maximum Gasteiger partial charge on any atom is 0.222 e. The summed E-state index contributed by atoms with van der Waals surface area (Å²) in [6, 6.07) is 3.71. The van der Waals surface area contributed by atoms with Crippen LogP contribution < -0.4 is 4.90 Å². The van der Waals surface area contributed by atoms with E-state index < -0.39 is 0 Å². The number of carbonyl (C=O) groups excluding carboxylic acids is 1. The van der Waals surface area contributed by atoms with Crippen LogP contribution in [0.4, 0.5) is 5.82 Å². The fourth-order valence-electron chi connectivity index (χ4n) is 4.42. The number of likely N-dealkylation sites (tertiary alicyclic amines) is 2. The zero-order valence-corrected chi connectivity index (χ0v) is 15.2. The Kier molecular flexibility index (Phi) is 4.88. The number of amides is 1. The van der Waals surface area contributed by atoms with Crippen LogP contribution in [0.1, 0.15) is 44.9 Å². The van der Waals surface area contributed by atoms with Crippen LogP contribution in [0.25, 0.3) is 0 Å². The van der Waals surface area contributed by atoms with Crippen molar-refractivity contribution in [1.29, 1.82) is 0 Å². The Morgan fingerprint density at radius 3 is 2.60 bits per heavy atom. The molecule has 1 aromatic rings. The van der Waals surface area contributed by atoms with Crippen molar-refractivity contribution in [2.45, 2.75) is 63.1 Å². The van der Waals surface area contributed by atoms with Crippen LogP contribution in [0, 0.1) is 0 Å². The molecule has 136 valence electrons. The Hall–Kier alpha value is -1.69. The van der Waals surface area contributed by atoms with Crippen LogP contribution in [0.2, 0.25) is 0 Å². The van der Waals surface area contributed by atoms with Gasteiger partial charge in [0.2, 0.25) is 5.91 Å². The summed E-state index contributed by atoms with van der Waals surface area (Å²) in [5.41, 5.74) is 0. The Morgan fingerprint density at radius 1 is 1.16 bits per heavy atom. The predicted octanol–water partition coefficient (Wildman–Crippen LogP) is 1.92. The van der Waals surface area contributed by atoms with Gasteiger partial charge in [0.1, 0.15) is 12.1 Å². The smallest absolute Gasteiger partial charge is 0.222 e. The lowest BCUT2D eigenvalue weighted by Crippen LogP contribution is -2.51. The highest BCUT2D eigenvalue weighted by atomic mass is 16.2. The van der Waals surface area contributed by atoms with E-state index in [1.807, 2.05) is 24.2 Å². The van der Waals surface area contributed by atoms with Gasteiger partial charge in [0.25, 0.3) is 0 Å². The van der Waals surface area contributed by atoms with Crippen LogP contribution in [0.5, 0.6) is 0 Å². The zero-order valence-electron chi connectivity index (χ0n) is 15.2. The van der Waals surface area contributed by atoms with Crippen LogP contribution in [-0.2, 0) is 4.79 Å². The summed E-state index contributed by atoms with van der Waals surface area (Å²) in [5.74, 6) is 1.41. The van der Waals surface area contributed by atoms with Gasteiger partial charge >= 0.3 is 0 Å². The van der Waals surface area contributed by atoms with Crippen molar-refractivity contribution in [3.05, 3.63) is 18.6 Å². The van der Waals surface area contributed by atoms with Gasteiger partial charge in [-0.2, -0.15) is 0 Å². The van der Waals surface area contributed by atoms with E-state index in [1.54, 1.807) is 6.33 Å². The van der Waals surface area contributed by atoms with Crippen LogP contribution in [0.3, 0.4) is 0 Å². The summed E-state index contributed by atoms with van der Waals surface area (Å²) in [7, 11) is 1.98. The Labute approximate surface area is 150 Å². The Balaban J connectivity index is 1.34. The molecule has 0 aromatic carbocycles. The van der Waals surface area contributed by atoms with Crippen molar-refractivity contribution in [1.82, 2.24) is 19.8 Å². The molecule has 4 rings (SSSR count). The fraction of sp³-hybridized carbons (Fsp3) is 0.737. The number of likely N-dealkylation sites (N-methyl/N-ethyl adjacent to an activating group) is 1. The number of hydrogen-bond donors (Lipinski definition) is 0. The van der Waals surface area contributed by atoms with E-state index in [9.17, 15) is 4.79 Å². The minimum Gasteiger partial charge on any atom is -0.350 e. The number of aromatic nitrogens is 2. The van der Waals surface area contributed by atoms with E-state index >= 15 is 0 Å². The van der Waals surface area contributed by atoms with Crippen molar-refractivity contribution in [2.75, 3.05) is 31.6 Å². The number of hydrogen-bond acceptors (Lipinski definition) is 5. The third-order valence-corrected chi connectivity index (χ3v) is 6.06. The predicted molar refractivity (Wildman–Crippen MR) is 97.4 cm³/mol. The minimum absolute atomic E-state index is 0.315. The average Bonchev–Trinajstić information content (AvgIpc) is 3.47. The molecule has 2 saturated heterocycles. The summed E-state index contributed by atoms with van der Waals surface area (Å²) >= 11 is 0. The van der Waals surface area contributed by atoms with Gasteiger partial charge in [0, 0.05) is 57.4 Å². The summed E-state index contributed by atoms with van der Waals surface area (Å²) in [5, 5.41) is 0. The second kappa shape index (κ2) is 7.28. The second-order valence-corrected chi connectivity index (χ2v) is 7.79. The van der Waals surface area contributed by atoms with Crippen molar-refractivity contribution >= 4 is 11.7 Å². The molecule has 1 saturated carbocycles. The van der Waals surface area contributed by atoms with Crippen molar-refractivity contribution in [3.63, 3.8) is 0 Å². The van der Waals surface area contributed by atoms with Crippen LogP contribution in [0.15, 0.2) is 18.6 Å². The van der Waals surface area contributed by atoms with E-state index in [2.05, 4.69) is 19.8 Å². The third-order valence-electron chi connectivity index (χ3n) is 6.06. The molecule has 2 aliphatic heterocycles. The van der Waals surface area contributed by atoms with Crippen LogP contribution >= 0.6 is 0 Å². The van der Waals surface area contributed by atoms with Crippen molar-refractivity contribution in [3.8, 4) is 0 Å². The maximum atomic E-state index is 11.9. The van der Waals surface area contributed by atoms with Crippen molar-refractivity contribution in [2.24, 2.45) is 0 Å². The van der Waals surface area contributed by atoms with Gasteiger partial charge in [-0.3, -0.25) is 4.79 Å². The number of carbonyl (C=O) groups is 1. The van der Waals surface area contributed by atoms with Crippen molar-refractivity contribution < 1.29 is 4.79 Å². The number of piperidine rings is 2. The largest absolute Gasteiger partial charge is 0.350 e. The first-order chi connectivity index (χ1) is 12.2.